The summed E-state index contributed by atoms with van der Waals surface area (Å²) in [4.78, 5) is 0. The van der Waals surface area contributed by atoms with Crippen LogP contribution < -0.4 is 29.6 Å². The molecule has 1 fully saturated rings. The summed E-state index contributed by atoms with van der Waals surface area (Å²) in [6, 6.07) is 0. The summed E-state index contributed by atoms with van der Waals surface area (Å²) in [5, 5.41) is 36.6. The van der Waals surface area contributed by atoms with Gasteiger partial charge in [-0.2, -0.15) is 0 Å². The minimum Gasteiger partial charge on any atom is -0.726 e. The molecule has 0 amide bonds. The van der Waals surface area contributed by atoms with Crippen molar-refractivity contribution in [1.29, 1.82) is 0 Å². The Morgan fingerprint density at radius 2 is 1.65 bits per heavy atom. The van der Waals surface area contributed by atoms with Gasteiger partial charge in [-0.1, -0.05) is 0 Å². The fourth-order valence-corrected chi connectivity index (χ4v) is 1.52. The van der Waals surface area contributed by atoms with Gasteiger partial charge in [0.15, 0.2) is 6.29 Å². The molecule has 0 aromatic rings. The predicted octanol–water partition coefficient (Wildman–Crippen LogP) is -6.73. The molecule has 0 spiro atoms. The van der Waals surface area contributed by atoms with E-state index in [-0.39, 0.29) is 29.6 Å². The molecule has 11 heteroatoms. The number of rotatable bonds is 3. The third-order valence-corrected chi connectivity index (χ3v) is 2.49. The van der Waals surface area contributed by atoms with Gasteiger partial charge in [-0.25, -0.2) is 8.42 Å². The summed E-state index contributed by atoms with van der Waals surface area (Å²) >= 11 is 0. The first kappa shape index (κ1) is 17.7. The molecular weight excluding hydrogens is 271 g/mol. The van der Waals surface area contributed by atoms with Gasteiger partial charge in [0.1, 0.15) is 24.4 Å². The standard InChI is InChI=1S/C6H12O9S.Na/c7-3-2(1-14-16(11,12)13)15-6(10)5(9)4(3)8;/h2-10H,1H2,(H,11,12,13);/q;+1/p-1/t2?,3-,4-,5?,6?;/m1./s1. The molecule has 1 rings (SSSR count). The first-order chi connectivity index (χ1) is 7.22. The van der Waals surface area contributed by atoms with Crippen LogP contribution in [0.2, 0.25) is 0 Å². The Bertz CT molecular complexity index is 332. The molecule has 1 aliphatic heterocycles. The summed E-state index contributed by atoms with van der Waals surface area (Å²) in [7, 11) is -4.96. The third kappa shape index (κ3) is 5.04. The van der Waals surface area contributed by atoms with Gasteiger partial charge in [-0.3, -0.25) is 4.18 Å². The molecule has 0 radical (unpaired) electrons. The van der Waals surface area contributed by atoms with Crippen LogP contribution in [-0.4, -0.2) is 70.7 Å². The minimum atomic E-state index is -4.96. The summed E-state index contributed by atoms with van der Waals surface area (Å²) in [5.74, 6) is 0. The number of aliphatic hydroxyl groups is 4. The largest absolute Gasteiger partial charge is 1.00 e. The van der Waals surface area contributed by atoms with Gasteiger partial charge >= 0.3 is 29.6 Å². The van der Waals surface area contributed by atoms with Gasteiger partial charge < -0.3 is 29.7 Å². The van der Waals surface area contributed by atoms with Crippen molar-refractivity contribution >= 4 is 10.4 Å². The average Bonchev–Trinajstić information content (AvgIpc) is 2.17. The van der Waals surface area contributed by atoms with Crippen molar-refractivity contribution in [2.45, 2.75) is 30.7 Å². The van der Waals surface area contributed by atoms with Crippen molar-refractivity contribution in [2.24, 2.45) is 0 Å². The molecule has 0 aromatic heterocycles. The fourth-order valence-electron chi connectivity index (χ4n) is 1.22. The van der Waals surface area contributed by atoms with Crippen LogP contribution in [0.4, 0.5) is 0 Å². The second-order valence-electron chi connectivity index (χ2n) is 3.23. The first-order valence-corrected chi connectivity index (χ1v) is 5.53. The number of aliphatic hydroxyl groups excluding tert-OH is 4. The average molecular weight is 282 g/mol. The molecule has 3 unspecified atom stereocenters. The summed E-state index contributed by atoms with van der Waals surface area (Å²) < 4.78 is 38.7. The molecule has 0 saturated carbocycles. The summed E-state index contributed by atoms with van der Waals surface area (Å²) in [6.45, 7) is -0.867. The van der Waals surface area contributed by atoms with Crippen LogP contribution in [0.3, 0.4) is 0 Å². The maximum atomic E-state index is 10.1. The molecule has 1 aliphatic rings. The van der Waals surface area contributed by atoms with Gasteiger partial charge in [0.05, 0.1) is 6.61 Å². The number of hydrogen-bond acceptors (Lipinski definition) is 9. The van der Waals surface area contributed by atoms with E-state index >= 15 is 0 Å². The van der Waals surface area contributed by atoms with E-state index in [0.717, 1.165) is 0 Å². The van der Waals surface area contributed by atoms with E-state index in [1.165, 1.54) is 0 Å². The van der Waals surface area contributed by atoms with Crippen LogP contribution >= 0.6 is 0 Å². The van der Waals surface area contributed by atoms with E-state index < -0.39 is 47.7 Å². The quantitative estimate of drug-likeness (QED) is 0.224. The van der Waals surface area contributed by atoms with Gasteiger partial charge in [0, 0.05) is 0 Å². The molecule has 4 N–H and O–H groups in total. The van der Waals surface area contributed by atoms with Gasteiger partial charge in [0.25, 0.3) is 0 Å². The Hall–Kier alpha value is 0.670. The van der Waals surface area contributed by atoms with Gasteiger partial charge in [-0.15, -0.1) is 0 Å². The van der Waals surface area contributed by atoms with Crippen molar-refractivity contribution in [3.8, 4) is 0 Å². The molecule has 5 atom stereocenters. The van der Waals surface area contributed by atoms with E-state index in [0.29, 0.717) is 0 Å². The van der Waals surface area contributed by atoms with Crippen LogP contribution in [0.25, 0.3) is 0 Å². The van der Waals surface area contributed by atoms with E-state index in [1.54, 1.807) is 0 Å². The SMILES string of the molecule is O=S(=O)([O-])OCC1OC(O)C(O)[C@H](O)[C@@H]1O.[Na+]. The Kier molecular flexibility index (Phi) is 6.99. The fraction of sp³-hybridized carbons (Fsp3) is 1.00. The van der Waals surface area contributed by atoms with Crippen LogP contribution in [0.15, 0.2) is 0 Å². The number of ether oxygens (including phenoxy) is 1. The second kappa shape index (κ2) is 6.73. The molecule has 17 heavy (non-hydrogen) atoms. The van der Waals surface area contributed by atoms with Gasteiger partial charge in [0.2, 0.25) is 10.4 Å². The van der Waals surface area contributed by atoms with Crippen LogP contribution in [0.1, 0.15) is 0 Å². The smallest absolute Gasteiger partial charge is 0.726 e. The molecule has 0 aromatic carbocycles. The number of hydrogen-bond donors (Lipinski definition) is 4. The second-order valence-corrected chi connectivity index (χ2v) is 4.28. The van der Waals surface area contributed by atoms with Crippen molar-refractivity contribution in [2.75, 3.05) is 6.61 Å². The monoisotopic (exact) mass is 282 g/mol. The van der Waals surface area contributed by atoms with E-state index in [4.69, 9.17) is 10.2 Å². The van der Waals surface area contributed by atoms with Crippen LogP contribution in [-0.2, 0) is 19.3 Å². The Morgan fingerprint density at radius 3 is 2.12 bits per heavy atom. The molecule has 0 bridgehead atoms. The molecule has 1 heterocycles. The maximum absolute atomic E-state index is 10.1. The first-order valence-electron chi connectivity index (χ1n) is 4.20. The topological polar surface area (TPSA) is 157 Å². The minimum absolute atomic E-state index is 0. The van der Waals surface area contributed by atoms with Crippen molar-refractivity contribution in [3.63, 3.8) is 0 Å². The zero-order chi connectivity index (χ0) is 12.5. The molecule has 1 saturated heterocycles. The predicted molar refractivity (Wildman–Crippen MR) is 44.5 cm³/mol. The van der Waals surface area contributed by atoms with E-state index in [9.17, 15) is 23.2 Å². The van der Waals surface area contributed by atoms with Gasteiger partial charge in [-0.05, 0) is 0 Å². The van der Waals surface area contributed by atoms with Crippen molar-refractivity contribution < 1.29 is 71.9 Å². The normalized spacial score (nSPS) is 38.5. The summed E-state index contributed by atoms with van der Waals surface area (Å²) in [6.07, 6.45) is -8.37. The Morgan fingerprint density at radius 1 is 1.12 bits per heavy atom. The Labute approximate surface area is 119 Å². The third-order valence-electron chi connectivity index (χ3n) is 2.06. The molecule has 0 aliphatic carbocycles. The van der Waals surface area contributed by atoms with E-state index in [1.807, 2.05) is 0 Å². The maximum Gasteiger partial charge on any atom is 1.00 e. The van der Waals surface area contributed by atoms with Crippen LogP contribution in [0.5, 0.6) is 0 Å². The molecule has 9 nitrogen and oxygen atoms in total. The van der Waals surface area contributed by atoms with Crippen molar-refractivity contribution in [1.82, 2.24) is 0 Å². The molecule has 96 valence electrons. The molecular formula is C6H11NaO9S. The van der Waals surface area contributed by atoms with Crippen molar-refractivity contribution in [3.05, 3.63) is 0 Å². The van der Waals surface area contributed by atoms with Crippen LogP contribution in [0, 0.1) is 0 Å². The summed E-state index contributed by atoms with van der Waals surface area (Å²) in [5.41, 5.74) is 0. The zero-order valence-corrected chi connectivity index (χ0v) is 11.6. The zero-order valence-electron chi connectivity index (χ0n) is 8.83. The Balaban J connectivity index is 0.00000256. The van der Waals surface area contributed by atoms with E-state index in [2.05, 4.69) is 8.92 Å².